The van der Waals surface area contributed by atoms with E-state index >= 15 is 0 Å². The number of ether oxygens (including phenoxy) is 1. The summed E-state index contributed by atoms with van der Waals surface area (Å²) in [5.74, 6) is 0.961. The maximum Gasteiger partial charge on any atom is 0.305 e. The van der Waals surface area contributed by atoms with E-state index in [0.717, 1.165) is 38.1 Å². The summed E-state index contributed by atoms with van der Waals surface area (Å²) in [4.78, 5) is 15.6. The Morgan fingerprint density at radius 1 is 0.941 bits per heavy atom. The molecule has 1 aliphatic rings. The molecular weight excluding hydrogens is 438 g/mol. The first-order chi connectivity index (χ1) is 16.7. The number of thioether (sulfide) groups is 1. The molecule has 2 aromatic carbocycles. The lowest BCUT2D eigenvalue weighted by atomic mass is 9.93. The van der Waals surface area contributed by atoms with Crippen molar-refractivity contribution in [3.63, 3.8) is 0 Å². The third kappa shape index (κ3) is 8.63. The van der Waals surface area contributed by atoms with Gasteiger partial charge in [0.2, 0.25) is 0 Å². The maximum atomic E-state index is 12.0. The number of hydrogen-bond donors (Lipinski definition) is 0. The van der Waals surface area contributed by atoms with Crippen LogP contribution in [0.1, 0.15) is 81.4 Å². The number of likely N-dealkylation sites (N-methyl/N-ethyl adjacent to an activating group) is 1. The summed E-state index contributed by atoms with van der Waals surface area (Å²) in [7, 11) is 2.10. The van der Waals surface area contributed by atoms with Gasteiger partial charge in [-0.05, 0) is 48.2 Å². The zero-order valence-corrected chi connectivity index (χ0v) is 21.9. The summed E-state index contributed by atoms with van der Waals surface area (Å²) < 4.78 is 5.46. The van der Waals surface area contributed by atoms with Crippen LogP contribution in [0.25, 0.3) is 5.57 Å². The van der Waals surface area contributed by atoms with E-state index in [9.17, 15) is 4.79 Å². The number of hydrogen-bond acceptors (Lipinski definition) is 4. The van der Waals surface area contributed by atoms with Gasteiger partial charge in [-0.3, -0.25) is 4.79 Å². The van der Waals surface area contributed by atoms with E-state index in [1.165, 1.54) is 59.3 Å². The van der Waals surface area contributed by atoms with Crippen LogP contribution in [-0.4, -0.2) is 37.6 Å². The highest BCUT2D eigenvalue weighted by Gasteiger charge is 2.17. The highest BCUT2D eigenvalue weighted by molar-refractivity contribution is 7.98. The SMILES string of the molecule is CCCCCCCCCC(=O)OCCN(C)CC/C=C1/c2ccccc2CSc2ccccc21. The smallest absolute Gasteiger partial charge is 0.305 e. The molecular formula is C30H41NO2S. The van der Waals surface area contributed by atoms with E-state index in [1.807, 2.05) is 11.8 Å². The largest absolute Gasteiger partial charge is 0.464 e. The first-order valence-corrected chi connectivity index (χ1v) is 14.0. The second-order valence-electron chi connectivity index (χ2n) is 9.24. The van der Waals surface area contributed by atoms with Gasteiger partial charge in [-0.1, -0.05) is 94.0 Å². The Balaban J connectivity index is 1.40. The zero-order chi connectivity index (χ0) is 24.0. The van der Waals surface area contributed by atoms with Gasteiger partial charge in [0.25, 0.3) is 0 Å². The van der Waals surface area contributed by atoms with Crippen LogP contribution < -0.4 is 0 Å². The molecule has 3 nitrogen and oxygen atoms in total. The molecule has 3 rings (SSSR count). The molecule has 0 saturated heterocycles. The number of benzene rings is 2. The average Bonchev–Trinajstić information content (AvgIpc) is 3.01. The van der Waals surface area contributed by atoms with E-state index in [4.69, 9.17) is 4.74 Å². The molecule has 0 spiro atoms. The Morgan fingerprint density at radius 3 is 2.47 bits per heavy atom. The molecule has 0 aromatic heterocycles. The Hall–Kier alpha value is -2.04. The molecule has 0 N–H and O–H groups in total. The van der Waals surface area contributed by atoms with Gasteiger partial charge in [0.15, 0.2) is 0 Å². The van der Waals surface area contributed by atoms with Crippen LogP contribution in [0.15, 0.2) is 59.5 Å². The summed E-state index contributed by atoms with van der Waals surface area (Å²) in [6.45, 7) is 4.43. The molecule has 34 heavy (non-hydrogen) atoms. The predicted octanol–water partition coefficient (Wildman–Crippen LogP) is 7.73. The van der Waals surface area contributed by atoms with Crippen molar-refractivity contribution in [1.82, 2.24) is 4.90 Å². The van der Waals surface area contributed by atoms with Crippen molar-refractivity contribution in [2.75, 3.05) is 26.7 Å². The third-order valence-electron chi connectivity index (χ3n) is 6.45. The fourth-order valence-corrected chi connectivity index (χ4v) is 5.47. The average molecular weight is 480 g/mol. The van der Waals surface area contributed by atoms with Crippen molar-refractivity contribution in [2.45, 2.75) is 75.4 Å². The van der Waals surface area contributed by atoms with Crippen LogP contribution in [-0.2, 0) is 15.3 Å². The summed E-state index contributed by atoms with van der Waals surface area (Å²) in [5.41, 5.74) is 5.42. The fourth-order valence-electron chi connectivity index (χ4n) is 4.40. The minimum absolute atomic E-state index is 0.0479. The van der Waals surface area contributed by atoms with Crippen molar-refractivity contribution >= 4 is 23.3 Å². The van der Waals surface area contributed by atoms with E-state index in [-0.39, 0.29) is 5.97 Å². The molecule has 0 saturated carbocycles. The van der Waals surface area contributed by atoms with Gasteiger partial charge < -0.3 is 9.64 Å². The first kappa shape index (κ1) is 26.6. The fraction of sp³-hybridized carbons (Fsp3) is 0.500. The zero-order valence-electron chi connectivity index (χ0n) is 21.1. The normalized spacial score (nSPS) is 14.0. The molecule has 1 heterocycles. The third-order valence-corrected chi connectivity index (χ3v) is 7.57. The van der Waals surface area contributed by atoms with E-state index < -0.39 is 0 Å². The number of carbonyl (C=O) groups excluding carboxylic acids is 1. The van der Waals surface area contributed by atoms with Crippen LogP contribution in [0.5, 0.6) is 0 Å². The summed E-state index contributed by atoms with van der Waals surface area (Å²) >= 11 is 1.92. The van der Waals surface area contributed by atoms with Gasteiger partial charge in [0, 0.05) is 30.2 Å². The molecule has 4 heteroatoms. The van der Waals surface area contributed by atoms with Gasteiger partial charge >= 0.3 is 5.97 Å². The van der Waals surface area contributed by atoms with Crippen molar-refractivity contribution in [1.29, 1.82) is 0 Å². The molecule has 0 fully saturated rings. The standard InChI is InChI=1S/C30H41NO2S/c1-3-4-5-6-7-8-9-20-30(32)33-23-22-31(2)21-14-18-27-26-16-11-10-15-25(26)24-34-29-19-13-12-17-28(27)29/h10-13,15-19H,3-9,14,20-24H2,1-2H3/b27-18-. The number of rotatable bonds is 14. The maximum absolute atomic E-state index is 12.0. The first-order valence-electron chi connectivity index (χ1n) is 13.0. The van der Waals surface area contributed by atoms with Crippen LogP contribution in [0.4, 0.5) is 0 Å². The highest BCUT2D eigenvalue weighted by Crippen LogP contribution is 2.40. The minimum atomic E-state index is -0.0479. The van der Waals surface area contributed by atoms with Gasteiger partial charge in [0.05, 0.1) is 0 Å². The van der Waals surface area contributed by atoms with Gasteiger partial charge in [0.1, 0.15) is 6.61 Å². The second-order valence-corrected chi connectivity index (χ2v) is 10.3. The van der Waals surface area contributed by atoms with Gasteiger partial charge in [-0.15, -0.1) is 11.8 Å². The van der Waals surface area contributed by atoms with E-state index in [1.54, 1.807) is 0 Å². The molecule has 0 bridgehead atoms. The Bertz CT molecular complexity index is 874. The minimum Gasteiger partial charge on any atom is -0.464 e. The number of unbranched alkanes of at least 4 members (excludes halogenated alkanes) is 6. The highest BCUT2D eigenvalue weighted by atomic mass is 32.2. The Kier molecular flexibility index (Phi) is 11.8. The van der Waals surface area contributed by atoms with E-state index in [0.29, 0.717) is 13.0 Å². The molecule has 0 amide bonds. The number of fused-ring (bicyclic) bond motifs is 2. The van der Waals surface area contributed by atoms with Crippen LogP contribution in [0, 0.1) is 0 Å². The van der Waals surface area contributed by atoms with Gasteiger partial charge in [-0.2, -0.15) is 0 Å². The number of nitrogens with zero attached hydrogens (tertiary/aromatic N) is 1. The molecule has 0 unspecified atom stereocenters. The van der Waals surface area contributed by atoms with Crippen molar-refractivity contribution < 1.29 is 9.53 Å². The topological polar surface area (TPSA) is 29.5 Å². The lowest BCUT2D eigenvalue weighted by molar-refractivity contribution is -0.144. The summed E-state index contributed by atoms with van der Waals surface area (Å²) in [6, 6.07) is 17.5. The lowest BCUT2D eigenvalue weighted by Gasteiger charge is -2.16. The predicted molar refractivity (Wildman–Crippen MR) is 145 cm³/mol. The monoisotopic (exact) mass is 479 g/mol. The van der Waals surface area contributed by atoms with Crippen molar-refractivity contribution in [3.8, 4) is 0 Å². The molecule has 0 radical (unpaired) electrons. The Morgan fingerprint density at radius 2 is 1.65 bits per heavy atom. The van der Waals surface area contributed by atoms with Crippen molar-refractivity contribution in [2.24, 2.45) is 0 Å². The molecule has 0 atom stereocenters. The molecule has 1 aliphatic heterocycles. The number of esters is 1. The second kappa shape index (κ2) is 15.1. The van der Waals surface area contributed by atoms with Crippen LogP contribution >= 0.6 is 11.8 Å². The summed E-state index contributed by atoms with van der Waals surface area (Å²) in [6.07, 6.45) is 12.4. The van der Waals surface area contributed by atoms with E-state index in [2.05, 4.69) is 73.5 Å². The molecule has 184 valence electrons. The van der Waals surface area contributed by atoms with Crippen LogP contribution in [0.3, 0.4) is 0 Å². The summed E-state index contributed by atoms with van der Waals surface area (Å²) in [5, 5.41) is 0. The molecule has 2 aromatic rings. The van der Waals surface area contributed by atoms with Crippen LogP contribution in [0.2, 0.25) is 0 Å². The van der Waals surface area contributed by atoms with Crippen molar-refractivity contribution in [3.05, 3.63) is 71.3 Å². The quantitative estimate of drug-likeness (QED) is 0.205. The Labute approximate surface area is 211 Å². The van der Waals surface area contributed by atoms with Gasteiger partial charge in [-0.25, -0.2) is 0 Å². The number of carbonyl (C=O) groups is 1. The molecule has 0 aliphatic carbocycles. The lowest BCUT2D eigenvalue weighted by Crippen LogP contribution is -2.25.